The highest BCUT2D eigenvalue weighted by Gasteiger charge is 2.42. The van der Waals surface area contributed by atoms with Gasteiger partial charge in [-0.25, -0.2) is 4.98 Å². The third-order valence-electron chi connectivity index (χ3n) is 8.45. The van der Waals surface area contributed by atoms with Crippen molar-refractivity contribution < 1.29 is 9.18 Å². The van der Waals surface area contributed by atoms with E-state index in [1.807, 2.05) is 6.07 Å². The molecule has 190 valence electrons. The van der Waals surface area contributed by atoms with E-state index in [0.29, 0.717) is 29.7 Å². The van der Waals surface area contributed by atoms with Crippen LogP contribution < -0.4 is 5.32 Å². The molecule has 0 aromatic carbocycles. The molecule has 2 saturated heterocycles. The molecular weight excluding hydrogens is 443 g/mol. The summed E-state index contributed by atoms with van der Waals surface area (Å²) in [5.41, 5.74) is 0.625. The molecule has 1 unspecified atom stereocenters. The second-order valence-corrected chi connectivity index (χ2v) is 11.1. The van der Waals surface area contributed by atoms with Crippen molar-refractivity contribution in [1.82, 2.24) is 30.0 Å². The lowest BCUT2D eigenvalue weighted by Gasteiger charge is -2.40. The van der Waals surface area contributed by atoms with Crippen LogP contribution in [0.25, 0.3) is 0 Å². The summed E-state index contributed by atoms with van der Waals surface area (Å²) in [4.78, 5) is 19.7. The van der Waals surface area contributed by atoms with Gasteiger partial charge in [0.2, 0.25) is 11.9 Å². The van der Waals surface area contributed by atoms with Gasteiger partial charge >= 0.3 is 0 Å². The second kappa shape index (κ2) is 10.3. The molecule has 2 aliphatic heterocycles. The summed E-state index contributed by atoms with van der Waals surface area (Å²) in [7, 11) is 0. The zero-order valence-corrected chi connectivity index (χ0v) is 21.3. The summed E-state index contributed by atoms with van der Waals surface area (Å²) in [6.45, 7) is 7.32. The number of nitrogens with zero attached hydrogens (tertiary/aromatic N) is 5. The van der Waals surface area contributed by atoms with Crippen molar-refractivity contribution in [2.24, 2.45) is 5.92 Å². The monoisotopic (exact) mass is 482 g/mol. The Kier molecular flexibility index (Phi) is 7.19. The fraction of sp³-hybridized carbons (Fsp3) is 0.704. The van der Waals surface area contributed by atoms with E-state index in [9.17, 15) is 9.18 Å². The maximum absolute atomic E-state index is 13.9. The molecule has 2 aromatic rings. The number of carbonyl (C=O) groups is 1. The molecule has 1 N–H and O–H groups in total. The van der Waals surface area contributed by atoms with Crippen LogP contribution in [0.5, 0.6) is 0 Å². The third kappa shape index (κ3) is 5.13. The van der Waals surface area contributed by atoms with Gasteiger partial charge in [-0.3, -0.25) is 9.69 Å². The molecule has 2 bridgehead atoms. The number of carbonyl (C=O) groups excluding carboxylic acids is 1. The van der Waals surface area contributed by atoms with Crippen LogP contribution in [0.3, 0.4) is 0 Å². The van der Waals surface area contributed by atoms with Gasteiger partial charge in [0.05, 0.1) is 11.7 Å². The SMILES string of the molecule is Cc1nnc(C(C)C)n1C1C[C@H]2CC[C@@H](C1)N2CC[C@H](NC(=O)C1CCCC1)c1cccc(F)n1. The van der Waals surface area contributed by atoms with Gasteiger partial charge in [0.25, 0.3) is 0 Å². The van der Waals surface area contributed by atoms with Gasteiger partial charge in [-0.2, -0.15) is 4.39 Å². The zero-order chi connectivity index (χ0) is 24.5. The van der Waals surface area contributed by atoms with Gasteiger partial charge in [-0.05, 0) is 64.0 Å². The molecular formula is C27H39FN6O. The van der Waals surface area contributed by atoms with E-state index in [0.717, 1.165) is 63.1 Å². The van der Waals surface area contributed by atoms with Gasteiger partial charge in [0.15, 0.2) is 0 Å². The number of piperidine rings is 1. The lowest BCUT2D eigenvalue weighted by molar-refractivity contribution is -0.125. The van der Waals surface area contributed by atoms with Crippen LogP contribution >= 0.6 is 0 Å². The van der Waals surface area contributed by atoms with Crippen molar-refractivity contribution in [3.8, 4) is 0 Å². The van der Waals surface area contributed by atoms with Crippen molar-refractivity contribution in [2.45, 2.75) is 109 Å². The van der Waals surface area contributed by atoms with E-state index >= 15 is 0 Å². The van der Waals surface area contributed by atoms with E-state index < -0.39 is 5.95 Å². The third-order valence-corrected chi connectivity index (χ3v) is 8.45. The van der Waals surface area contributed by atoms with E-state index in [4.69, 9.17) is 0 Å². The van der Waals surface area contributed by atoms with Crippen LogP contribution in [0.2, 0.25) is 0 Å². The molecule has 8 heteroatoms. The van der Waals surface area contributed by atoms with Crippen LogP contribution in [0, 0.1) is 18.8 Å². The maximum atomic E-state index is 13.9. The molecule has 5 rings (SSSR count). The molecule has 3 fully saturated rings. The topological polar surface area (TPSA) is 75.9 Å². The van der Waals surface area contributed by atoms with Crippen LogP contribution in [0.15, 0.2) is 18.2 Å². The lowest BCUT2D eigenvalue weighted by atomic mass is 9.95. The smallest absolute Gasteiger partial charge is 0.223 e. The number of halogens is 1. The first-order valence-corrected chi connectivity index (χ1v) is 13.5. The highest BCUT2D eigenvalue weighted by molar-refractivity contribution is 5.79. The van der Waals surface area contributed by atoms with E-state index in [1.54, 1.807) is 6.07 Å². The minimum atomic E-state index is -0.492. The summed E-state index contributed by atoms with van der Waals surface area (Å²) >= 11 is 0. The van der Waals surface area contributed by atoms with Gasteiger partial charge in [0, 0.05) is 36.5 Å². The Bertz CT molecular complexity index is 1020. The first-order chi connectivity index (χ1) is 16.9. The Morgan fingerprint density at radius 2 is 1.80 bits per heavy atom. The molecule has 2 aromatic heterocycles. The number of hydrogen-bond acceptors (Lipinski definition) is 5. The minimum absolute atomic E-state index is 0.0835. The molecule has 7 nitrogen and oxygen atoms in total. The number of aromatic nitrogens is 4. The second-order valence-electron chi connectivity index (χ2n) is 11.1. The number of rotatable bonds is 8. The van der Waals surface area contributed by atoms with Crippen LogP contribution in [-0.2, 0) is 4.79 Å². The molecule has 3 aliphatic rings. The molecule has 0 spiro atoms. The number of pyridine rings is 1. The highest BCUT2D eigenvalue weighted by atomic mass is 19.1. The molecule has 4 heterocycles. The predicted molar refractivity (Wildman–Crippen MR) is 132 cm³/mol. The fourth-order valence-electron chi connectivity index (χ4n) is 6.72. The van der Waals surface area contributed by atoms with Crippen LogP contribution in [-0.4, -0.2) is 49.2 Å². The van der Waals surface area contributed by atoms with Gasteiger partial charge < -0.3 is 9.88 Å². The molecule has 1 amide bonds. The first kappa shape index (κ1) is 24.3. The normalized spacial score (nSPS) is 25.9. The molecule has 35 heavy (non-hydrogen) atoms. The average Bonchev–Trinajstić information content (AvgIpc) is 3.55. The van der Waals surface area contributed by atoms with Gasteiger partial charge in [-0.15, -0.1) is 10.2 Å². The Morgan fingerprint density at radius 1 is 1.09 bits per heavy atom. The quantitative estimate of drug-likeness (QED) is 0.545. The Balaban J connectivity index is 1.27. The van der Waals surface area contributed by atoms with E-state index in [-0.39, 0.29) is 17.9 Å². The lowest BCUT2D eigenvalue weighted by Crippen LogP contribution is -2.45. The summed E-state index contributed by atoms with van der Waals surface area (Å²) in [6.07, 6.45) is 9.50. The minimum Gasteiger partial charge on any atom is -0.347 e. The summed E-state index contributed by atoms with van der Waals surface area (Å²) in [5, 5.41) is 12.1. The Labute approximate surface area is 207 Å². The summed E-state index contributed by atoms with van der Waals surface area (Å²) in [5.74, 6) is 2.15. The Morgan fingerprint density at radius 3 is 2.46 bits per heavy atom. The Hall–Kier alpha value is -2.35. The van der Waals surface area contributed by atoms with E-state index in [2.05, 4.69) is 50.7 Å². The average molecular weight is 483 g/mol. The largest absolute Gasteiger partial charge is 0.347 e. The van der Waals surface area contributed by atoms with Crippen LogP contribution in [0.1, 0.15) is 107 Å². The van der Waals surface area contributed by atoms with E-state index in [1.165, 1.54) is 18.9 Å². The maximum Gasteiger partial charge on any atom is 0.223 e. The van der Waals surface area contributed by atoms with Crippen molar-refractivity contribution in [2.75, 3.05) is 6.54 Å². The van der Waals surface area contributed by atoms with Crippen molar-refractivity contribution >= 4 is 5.91 Å². The molecule has 0 radical (unpaired) electrons. The molecule has 1 saturated carbocycles. The summed E-state index contributed by atoms with van der Waals surface area (Å²) in [6, 6.07) is 6.12. The number of fused-ring (bicyclic) bond motifs is 2. The number of aryl methyl sites for hydroxylation is 1. The van der Waals surface area contributed by atoms with Gasteiger partial charge in [-0.1, -0.05) is 32.8 Å². The fourth-order valence-corrected chi connectivity index (χ4v) is 6.72. The standard InChI is InChI=1S/C27H39FN6O/c1-17(2)26-32-31-18(3)34(26)22-15-20-11-12-21(16-22)33(20)14-13-24(23-9-6-10-25(28)29-23)30-27(35)19-7-4-5-8-19/h6,9-10,17,19-22,24H,4-5,7-8,11-16H2,1-3H3,(H,30,35)/t20-,21+,22?,24-/m0/s1. The predicted octanol–water partition coefficient (Wildman–Crippen LogP) is 4.85. The highest BCUT2D eigenvalue weighted by Crippen LogP contribution is 2.42. The molecule has 4 atom stereocenters. The summed E-state index contributed by atoms with van der Waals surface area (Å²) < 4.78 is 16.3. The first-order valence-electron chi connectivity index (χ1n) is 13.5. The van der Waals surface area contributed by atoms with Crippen molar-refractivity contribution in [1.29, 1.82) is 0 Å². The zero-order valence-electron chi connectivity index (χ0n) is 21.3. The van der Waals surface area contributed by atoms with Crippen molar-refractivity contribution in [3.63, 3.8) is 0 Å². The molecule has 1 aliphatic carbocycles. The van der Waals surface area contributed by atoms with Gasteiger partial charge in [0.1, 0.15) is 11.6 Å². The number of nitrogens with one attached hydrogen (secondary N) is 1. The number of hydrogen-bond donors (Lipinski definition) is 1. The van der Waals surface area contributed by atoms with Crippen molar-refractivity contribution in [3.05, 3.63) is 41.5 Å². The number of amides is 1. The van der Waals surface area contributed by atoms with Crippen LogP contribution in [0.4, 0.5) is 4.39 Å².